The van der Waals surface area contributed by atoms with Gasteiger partial charge in [-0.1, -0.05) is 11.2 Å². The van der Waals surface area contributed by atoms with Crippen LogP contribution < -0.4 is 15.4 Å². The fraction of sp³-hybridized carbons (Fsp3) is 0.235. The molecule has 0 unspecified atom stereocenters. The number of ether oxygens (including phenoxy) is 1. The van der Waals surface area contributed by atoms with Crippen molar-refractivity contribution >= 4 is 23.3 Å². The zero-order chi connectivity index (χ0) is 17.1. The Labute approximate surface area is 140 Å². The van der Waals surface area contributed by atoms with Crippen molar-refractivity contribution in [3.63, 3.8) is 0 Å². The SMILES string of the molecule is COc1ccc(C)cc1Nc1cc(C)nc(Nc2cc(C)on2)n1. The van der Waals surface area contributed by atoms with E-state index in [1.54, 1.807) is 13.2 Å². The standard InChI is InChI=1S/C17H19N5O2/c1-10-5-6-14(23-4)13(7-10)19-15-8-11(2)18-17(20-15)21-16-9-12(3)24-22-16/h5-9H,1-4H3,(H2,18,19,20,21,22). The van der Waals surface area contributed by atoms with Gasteiger partial charge in [0.25, 0.3) is 0 Å². The molecule has 24 heavy (non-hydrogen) atoms. The highest BCUT2D eigenvalue weighted by molar-refractivity contribution is 5.66. The first-order valence-electron chi connectivity index (χ1n) is 7.51. The quantitative estimate of drug-likeness (QED) is 0.736. The molecule has 2 heterocycles. The van der Waals surface area contributed by atoms with E-state index in [4.69, 9.17) is 9.26 Å². The summed E-state index contributed by atoms with van der Waals surface area (Å²) in [5.74, 6) is 3.13. The summed E-state index contributed by atoms with van der Waals surface area (Å²) in [7, 11) is 1.64. The molecule has 0 saturated heterocycles. The van der Waals surface area contributed by atoms with Gasteiger partial charge in [-0.15, -0.1) is 0 Å². The summed E-state index contributed by atoms with van der Waals surface area (Å²) < 4.78 is 10.4. The van der Waals surface area contributed by atoms with Gasteiger partial charge in [0.05, 0.1) is 12.8 Å². The average molecular weight is 325 g/mol. The van der Waals surface area contributed by atoms with E-state index in [1.807, 2.05) is 45.0 Å². The maximum atomic E-state index is 5.39. The third kappa shape index (κ3) is 3.62. The number of hydrogen-bond acceptors (Lipinski definition) is 7. The van der Waals surface area contributed by atoms with Gasteiger partial charge in [0, 0.05) is 17.8 Å². The lowest BCUT2D eigenvalue weighted by atomic mass is 10.2. The van der Waals surface area contributed by atoms with Gasteiger partial charge in [-0.05, 0) is 38.5 Å². The Hall–Kier alpha value is -3.09. The first-order valence-corrected chi connectivity index (χ1v) is 7.51. The molecule has 0 fully saturated rings. The van der Waals surface area contributed by atoms with E-state index in [2.05, 4.69) is 25.8 Å². The van der Waals surface area contributed by atoms with Gasteiger partial charge in [-0.3, -0.25) is 0 Å². The van der Waals surface area contributed by atoms with Crippen LogP contribution in [0.15, 0.2) is 34.9 Å². The fourth-order valence-electron chi connectivity index (χ4n) is 2.29. The van der Waals surface area contributed by atoms with Crippen molar-refractivity contribution in [2.75, 3.05) is 17.7 Å². The maximum Gasteiger partial charge on any atom is 0.230 e. The van der Waals surface area contributed by atoms with E-state index in [-0.39, 0.29) is 0 Å². The molecule has 0 radical (unpaired) electrons. The van der Waals surface area contributed by atoms with Crippen molar-refractivity contribution in [2.45, 2.75) is 20.8 Å². The summed E-state index contributed by atoms with van der Waals surface area (Å²) in [6, 6.07) is 9.56. The lowest BCUT2D eigenvalue weighted by Gasteiger charge is -2.12. The predicted octanol–water partition coefficient (Wildman–Crippen LogP) is 3.89. The summed E-state index contributed by atoms with van der Waals surface area (Å²) in [6.07, 6.45) is 0. The van der Waals surface area contributed by atoms with Crippen LogP contribution in [0, 0.1) is 20.8 Å². The topological polar surface area (TPSA) is 85.1 Å². The van der Waals surface area contributed by atoms with Gasteiger partial charge >= 0.3 is 0 Å². The summed E-state index contributed by atoms with van der Waals surface area (Å²) in [5.41, 5.74) is 2.79. The predicted molar refractivity (Wildman–Crippen MR) is 92.3 cm³/mol. The molecule has 0 aliphatic rings. The van der Waals surface area contributed by atoms with Crippen LogP contribution in [0.3, 0.4) is 0 Å². The van der Waals surface area contributed by atoms with E-state index in [1.165, 1.54) is 0 Å². The molecule has 2 aromatic heterocycles. The minimum absolute atomic E-state index is 0.442. The molecule has 7 nitrogen and oxygen atoms in total. The third-order valence-electron chi connectivity index (χ3n) is 3.34. The minimum Gasteiger partial charge on any atom is -0.495 e. The van der Waals surface area contributed by atoms with Crippen molar-refractivity contribution in [3.05, 3.63) is 47.3 Å². The van der Waals surface area contributed by atoms with Crippen molar-refractivity contribution in [2.24, 2.45) is 0 Å². The molecule has 7 heteroatoms. The molecule has 3 rings (SSSR count). The van der Waals surface area contributed by atoms with Gasteiger partial charge in [-0.25, -0.2) is 4.98 Å². The monoisotopic (exact) mass is 325 g/mol. The summed E-state index contributed by atoms with van der Waals surface area (Å²) in [4.78, 5) is 8.83. The van der Waals surface area contributed by atoms with Crippen molar-refractivity contribution in [1.82, 2.24) is 15.1 Å². The van der Waals surface area contributed by atoms with Gasteiger partial charge in [0.2, 0.25) is 5.95 Å². The Bertz CT molecular complexity index is 860. The second kappa shape index (κ2) is 6.57. The van der Waals surface area contributed by atoms with Crippen LogP contribution >= 0.6 is 0 Å². The highest BCUT2D eigenvalue weighted by Crippen LogP contribution is 2.28. The van der Waals surface area contributed by atoms with Crippen LogP contribution in [0.2, 0.25) is 0 Å². The smallest absolute Gasteiger partial charge is 0.230 e. The molecule has 0 bridgehead atoms. The molecule has 1 aromatic carbocycles. The van der Waals surface area contributed by atoms with Crippen LogP contribution in [0.25, 0.3) is 0 Å². The Morgan fingerprint density at radius 2 is 1.79 bits per heavy atom. The molecular formula is C17H19N5O2. The minimum atomic E-state index is 0.442. The van der Waals surface area contributed by atoms with Crippen LogP contribution in [0.4, 0.5) is 23.3 Å². The molecule has 3 aromatic rings. The average Bonchev–Trinajstić information content (AvgIpc) is 2.92. The zero-order valence-corrected chi connectivity index (χ0v) is 14.0. The molecule has 0 aliphatic heterocycles. The first-order chi connectivity index (χ1) is 11.5. The largest absolute Gasteiger partial charge is 0.495 e. The van der Waals surface area contributed by atoms with Crippen LogP contribution in [-0.4, -0.2) is 22.2 Å². The normalized spacial score (nSPS) is 10.5. The van der Waals surface area contributed by atoms with Gasteiger partial charge in [0.15, 0.2) is 5.82 Å². The first kappa shape index (κ1) is 15.8. The van der Waals surface area contributed by atoms with E-state index < -0.39 is 0 Å². The van der Waals surface area contributed by atoms with Crippen molar-refractivity contribution < 1.29 is 9.26 Å². The highest BCUT2D eigenvalue weighted by Gasteiger charge is 2.08. The molecular weight excluding hydrogens is 306 g/mol. The lowest BCUT2D eigenvalue weighted by molar-refractivity contribution is 0.400. The number of nitrogens with zero attached hydrogens (tertiary/aromatic N) is 3. The van der Waals surface area contributed by atoms with Crippen LogP contribution in [0.1, 0.15) is 17.0 Å². The van der Waals surface area contributed by atoms with E-state index in [9.17, 15) is 0 Å². The van der Waals surface area contributed by atoms with Crippen molar-refractivity contribution in [1.29, 1.82) is 0 Å². The summed E-state index contributed by atoms with van der Waals surface area (Å²) in [6.45, 7) is 5.75. The summed E-state index contributed by atoms with van der Waals surface area (Å²) >= 11 is 0. The van der Waals surface area contributed by atoms with Gasteiger partial charge in [0.1, 0.15) is 17.3 Å². The zero-order valence-electron chi connectivity index (χ0n) is 14.0. The number of benzene rings is 1. The highest BCUT2D eigenvalue weighted by atomic mass is 16.5. The molecule has 2 N–H and O–H groups in total. The van der Waals surface area contributed by atoms with Gasteiger partial charge < -0.3 is 19.9 Å². The molecule has 0 amide bonds. The second-order valence-electron chi connectivity index (χ2n) is 5.49. The molecule has 0 aliphatic carbocycles. The number of methoxy groups -OCH3 is 1. The number of aromatic nitrogens is 3. The molecule has 124 valence electrons. The van der Waals surface area contributed by atoms with E-state index >= 15 is 0 Å². The molecule has 0 spiro atoms. The second-order valence-corrected chi connectivity index (χ2v) is 5.49. The van der Waals surface area contributed by atoms with Crippen molar-refractivity contribution in [3.8, 4) is 5.75 Å². The Morgan fingerprint density at radius 3 is 2.50 bits per heavy atom. The number of rotatable bonds is 5. The van der Waals surface area contributed by atoms with Gasteiger partial charge in [-0.2, -0.15) is 4.98 Å². The van der Waals surface area contributed by atoms with E-state index in [0.717, 1.165) is 22.7 Å². The Kier molecular flexibility index (Phi) is 4.33. The molecule has 0 atom stereocenters. The van der Waals surface area contributed by atoms with E-state index in [0.29, 0.717) is 23.3 Å². The Morgan fingerprint density at radius 1 is 0.958 bits per heavy atom. The van der Waals surface area contributed by atoms with Crippen LogP contribution in [-0.2, 0) is 0 Å². The number of nitrogens with one attached hydrogen (secondary N) is 2. The molecule has 0 saturated carbocycles. The van der Waals surface area contributed by atoms with Crippen LogP contribution in [0.5, 0.6) is 5.75 Å². The fourth-order valence-corrected chi connectivity index (χ4v) is 2.29. The number of aryl methyl sites for hydroxylation is 3. The maximum absolute atomic E-state index is 5.39. The number of hydrogen-bond donors (Lipinski definition) is 2. The Balaban J connectivity index is 1.87. The number of anilines is 4. The third-order valence-corrected chi connectivity index (χ3v) is 3.34. The summed E-state index contributed by atoms with van der Waals surface area (Å²) in [5, 5.41) is 10.2. The lowest BCUT2D eigenvalue weighted by Crippen LogP contribution is -2.03.